The molecule has 5 aliphatic rings. The van der Waals surface area contributed by atoms with Crippen LogP contribution < -0.4 is 0 Å². The molecule has 172 valence electrons. The van der Waals surface area contributed by atoms with Gasteiger partial charge in [0.05, 0.1) is 12.2 Å². The van der Waals surface area contributed by atoms with E-state index in [1.165, 1.54) is 64.2 Å². The minimum atomic E-state index is 0.170. The molecule has 0 N–H and O–H groups in total. The van der Waals surface area contributed by atoms with E-state index in [0.717, 1.165) is 41.9 Å². The molecule has 0 aromatic rings. The first-order valence-corrected chi connectivity index (χ1v) is 13.5. The lowest BCUT2D eigenvalue weighted by molar-refractivity contribution is -0.121. The molecule has 0 radical (unpaired) electrons. The Bertz CT molecular complexity index is 645. The van der Waals surface area contributed by atoms with Gasteiger partial charge >= 0.3 is 0 Å². The fraction of sp³-hybridized carbons (Fsp3) is 1.00. The lowest BCUT2D eigenvalue weighted by atomic mass is 9.44. The van der Waals surface area contributed by atoms with E-state index in [-0.39, 0.29) is 5.60 Å². The molecule has 1 spiro atoms. The van der Waals surface area contributed by atoms with Crippen LogP contribution in [0.1, 0.15) is 105 Å². The second-order valence-corrected chi connectivity index (χ2v) is 13.2. The standard InChI is InChI=1S/C28H48O2/c1-18(2)8-7-9-19(3)22-10-11-23-21-16-25-28(30-25)17-20(29-6)12-15-27(28,5)24(21)13-14-26(22,23)4/h18-25H,7-17H2,1-6H3/t19-,20-,21+,22+,23+,24-,25+,26-,27-,28+/m1/s1. The predicted molar refractivity (Wildman–Crippen MR) is 123 cm³/mol. The average Bonchev–Trinajstić information content (AvgIpc) is 3.28. The second-order valence-electron chi connectivity index (χ2n) is 13.2. The summed E-state index contributed by atoms with van der Waals surface area (Å²) in [5, 5.41) is 0. The van der Waals surface area contributed by atoms with Gasteiger partial charge in [-0.25, -0.2) is 0 Å². The Kier molecular flexibility index (Phi) is 5.42. The van der Waals surface area contributed by atoms with Crippen LogP contribution in [-0.4, -0.2) is 24.9 Å². The van der Waals surface area contributed by atoms with Crippen molar-refractivity contribution < 1.29 is 9.47 Å². The SMILES string of the molecule is CO[C@@H]1CC[C@]2(C)[C@@H]3CC[C@@]4(C)[C@@H](CC[C@H]4[C@H](C)CCCC(C)C)[C@@H]3C[C@@H]3O[C@@]32C1. The molecule has 0 bridgehead atoms. The highest BCUT2D eigenvalue weighted by Gasteiger charge is 2.76. The van der Waals surface area contributed by atoms with Crippen LogP contribution in [0, 0.1) is 46.3 Å². The van der Waals surface area contributed by atoms with Gasteiger partial charge in [-0.2, -0.15) is 0 Å². The van der Waals surface area contributed by atoms with Gasteiger partial charge in [0.1, 0.15) is 5.60 Å². The summed E-state index contributed by atoms with van der Waals surface area (Å²) in [6, 6.07) is 0. The van der Waals surface area contributed by atoms with Crippen LogP contribution in [-0.2, 0) is 9.47 Å². The molecular weight excluding hydrogens is 368 g/mol. The highest BCUT2D eigenvalue weighted by Crippen LogP contribution is 2.74. The van der Waals surface area contributed by atoms with E-state index >= 15 is 0 Å². The summed E-state index contributed by atoms with van der Waals surface area (Å²) in [4.78, 5) is 0. The van der Waals surface area contributed by atoms with Crippen LogP contribution in [0.4, 0.5) is 0 Å². The largest absolute Gasteiger partial charge is 0.381 e. The zero-order chi connectivity index (χ0) is 21.3. The van der Waals surface area contributed by atoms with Gasteiger partial charge in [-0.1, -0.05) is 53.9 Å². The number of hydrogen-bond donors (Lipinski definition) is 0. The lowest BCUT2D eigenvalue weighted by Crippen LogP contribution is -2.58. The number of methoxy groups -OCH3 is 1. The maximum Gasteiger partial charge on any atom is 0.103 e. The van der Waals surface area contributed by atoms with Crippen molar-refractivity contribution in [2.45, 2.75) is 123 Å². The highest BCUT2D eigenvalue weighted by molar-refractivity contribution is 5.24. The van der Waals surface area contributed by atoms with E-state index in [4.69, 9.17) is 9.47 Å². The summed E-state index contributed by atoms with van der Waals surface area (Å²) in [5.74, 6) is 5.48. The number of hydrogen-bond acceptors (Lipinski definition) is 2. The Hall–Kier alpha value is -0.0800. The van der Waals surface area contributed by atoms with Gasteiger partial charge in [-0.3, -0.25) is 0 Å². The van der Waals surface area contributed by atoms with Gasteiger partial charge in [0.2, 0.25) is 0 Å². The Morgan fingerprint density at radius 2 is 1.77 bits per heavy atom. The summed E-state index contributed by atoms with van der Waals surface area (Å²) in [5.41, 5.74) is 1.16. The van der Waals surface area contributed by atoms with E-state index in [1.807, 2.05) is 7.11 Å². The van der Waals surface area contributed by atoms with E-state index in [9.17, 15) is 0 Å². The lowest BCUT2D eigenvalue weighted by Gasteiger charge is -2.59. The quantitative estimate of drug-likeness (QED) is 0.425. The topological polar surface area (TPSA) is 21.8 Å². The summed E-state index contributed by atoms with van der Waals surface area (Å²) in [7, 11) is 1.90. The number of ether oxygens (including phenoxy) is 2. The Morgan fingerprint density at radius 1 is 0.967 bits per heavy atom. The molecule has 1 saturated heterocycles. The van der Waals surface area contributed by atoms with Crippen LogP contribution in [0.3, 0.4) is 0 Å². The fourth-order valence-electron chi connectivity index (χ4n) is 9.87. The van der Waals surface area contributed by atoms with E-state index in [2.05, 4.69) is 34.6 Å². The second kappa shape index (κ2) is 7.47. The van der Waals surface area contributed by atoms with Gasteiger partial charge in [-0.05, 0) is 85.9 Å². The van der Waals surface area contributed by atoms with Gasteiger partial charge in [-0.15, -0.1) is 0 Å². The highest BCUT2D eigenvalue weighted by atomic mass is 16.6. The molecule has 2 heteroatoms. The van der Waals surface area contributed by atoms with Crippen LogP contribution in [0.25, 0.3) is 0 Å². The molecule has 1 heterocycles. The van der Waals surface area contributed by atoms with Crippen LogP contribution in [0.15, 0.2) is 0 Å². The molecule has 0 amide bonds. The maximum atomic E-state index is 6.65. The van der Waals surface area contributed by atoms with Crippen molar-refractivity contribution in [1.29, 1.82) is 0 Å². The van der Waals surface area contributed by atoms with Crippen molar-refractivity contribution >= 4 is 0 Å². The van der Waals surface area contributed by atoms with E-state index < -0.39 is 0 Å². The zero-order valence-corrected chi connectivity index (χ0v) is 20.7. The average molecular weight is 417 g/mol. The number of epoxide rings is 1. The molecule has 30 heavy (non-hydrogen) atoms. The van der Waals surface area contributed by atoms with Crippen LogP contribution >= 0.6 is 0 Å². The number of rotatable bonds is 6. The first-order chi connectivity index (χ1) is 14.2. The van der Waals surface area contributed by atoms with Gasteiger partial charge in [0.15, 0.2) is 0 Å². The Labute approximate surface area is 186 Å². The van der Waals surface area contributed by atoms with Crippen molar-refractivity contribution in [3.8, 4) is 0 Å². The summed E-state index contributed by atoms with van der Waals surface area (Å²) in [6.07, 6.45) is 16.2. The zero-order valence-electron chi connectivity index (χ0n) is 20.7. The molecule has 1 aliphatic heterocycles. The van der Waals surface area contributed by atoms with Crippen molar-refractivity contribution in [2.24, 2.45) is 46.3 Å². The fourth-order valence-corrected chi connectivity index (χ4v) is 9.87. The Balaban J connectivity index is 1.32. The van der Waals surface area contributed by atoms with Gasteiger partial charge in [0, 0.05) is 18.9 Å². The first kappa shape index (κ1) is 21.7. The molecule has 0 aromatic heterocycles. The third kappa shape index (κ3) is 3.01. The maximum absolute atomic E-state index is 6.65. The molecule has 4 aliphatic carbocycles. The van der Waals surface area contributed by atoms with Crippen molar-refractivity contribution in [2.75, 3.05) is 7.11 Å². The first-order valence-electron chi connectivity index (χ1n) is 13.5. The molecule has 5 rings (SSSR count). The molecule has 10 atom stereocenters. The molecule has 5 fully saturated rings. The minimum Gasteiger partial charge on any atom is -0.381 e. The summed E-state index contributed by atoms with van der Waals surface area (Å²) >= 11 is 0. The third-order valence-corrected chi connectivity index (χ3v) is 11.6. The molecular formula is C28H48O2. The van der Waals surface area contributed by atoms with Gasteiger partial charge < -0.3 is 9.47 Å². The van der Waals surface area contributed by atoms with Crippen molar-refractivity contribution in [1.82, 2.24) is 0 Å². The normalized spacial score (nSPS) is 52.9. The van der Waals surface area contributed by atoms with E-state index in [1.54, 1.807) is 0 Å². The molecule has 4 saturated carbocycles. The monoisotopic (exact) mass is 416 g/mol. The van der Waals surface area contributed by atoms with Crippen molar-refractivity contribution in [3.63, 3.8) is 0 Å². The van der Waals surface area contributed by atoms with Crippen molar-refractivity contribution in [3.05, 3.63) is 0 Å². The molecule has 0 unspecified atom stereocenters. The summed E-state index contributed by atoms with van der Waals surface area (Å²) in [6.45, 7) is 12.7. The summed E-state index contributed by atoms with van der Waals surface area (Å²) < 4.78 is 12.5. The van der Waals surface area contributed by atoms with Crippen LogP contribution in [0.5, 0.6) is 0 Å². The minimum absolute atomic E-state index is 0.170. The molecule has 0 aromatic carbocycles. The third-order valence-electron chi connectivity index (χ3n) is 11.6. The Morgan fingerprint density at radius 3 is 2.50 bits per heavy atom. The number of fused-ring (bicyclic) bond motifs is 4. The predicted octanol–water partition coefficient (Wildman–Crippen LogP) is 7.25. The smallest absolute Gasteiger partial charge is 0.103 e. The molecule has 2 nitrogen and oxygen atoms in total. The van der Waals surface area contributed by atoms with Crippen LogP contribution in [0.2, 0.25) is 0 Å². The van der Waals surface area contributed by atoms with E-state index in [0.29, 0.717) is 23.0 Å². The van der Waals surface area contributed by atoms with Gasteiger partial charge in [0.25, 0.3) is 0 Å².